The number of aromatic nitrogens is 1. The summed E-state index contributed by atoms with van der Waals surface area (Å²) in [4.78, 5) is 7.06. The molecule has 5 nitrogen and oxygen atoms in total. The van der Waals surface area contributed by atoms with E-state index in [0.717, 1.165) is 54.5 Å². The fourth-order valence-electron chi connectivity index (χ4n) is 3.64. The van der Waals surface area contributed by atoms with Gasteiger partial charge in [0.2, 0.25) is 0 Å². The lowest BCUT2D eigenvalue weighted by Gasteiger charge is -2.37. The summed E-state index contributed by atoms with van der Waals surface area (Å²) < 4.78 is 18.0. The van der Waals surface area contributed by atoms with Crippen molar-refractivity contribution in [1.82, 2.24) is 10.3 Å². The minimum atomic E-state index is -0.279. The van der Waals surface area contributed by atoms with Gasteiger partial charge in [0.1, 0.15) is 11.6 Å². The Kier molecular flexibility index (Phi) is 7.22. The molecule has 0 amide bonds. The van der Waals surface area contributed by atoms with E-state index in [4.69, 9.17) is 11.6 Å². The molecule has 1 fully saturated rings. The maximum Gasteiger partial charge on any atom is 0.147 e. The van der Waals surface area contributed by atoms with Gasteiger partial charge in [-0.15, -0.1) is 11.3 Å². The van der Waals surface area contributed by atoms with Gasteiger partial charge in [0.25, 0.3) is 0 Å². The van der Waals surface area contributed by atoms with Gasteiger partial charge in [-0.3, -0.25) is 0 Å². The summed E-state index contributed by atoms with van der Waals surface area (Å²) in [7, 11) is 0. The van der Waals surface area contributed by atoms with Crippen LogP contribution in [0.15, 0.2) is 46.1 Å². The fourth-order valence-corrected chi connectivity index (χ4v) is 5.05. The first-order chi connectivity index (χ1) is 15.0. The standard InChI is InChI=1S/C22H25ClFN5S2/c1-3-15-8-21(31-28-22-12-30-13-26-22)17(24)10-19(15)27-18-5-4-16(23)9-20(18)29-7-6-25-11-14(29)2/h4-5,8-10,12-14,25,27-28H,3,6-7,11H2,1-2H3/t14-/m1/s1. The van der Waals surface area contributed by atoms with Crippen molar-refractivity contribution >= 4 is 57.8 Å². The Labute approximate surface area is 195 Å². The van der Waals surface area contributed by atoms with Crippen LogP contribution in [0, 0.1) is 5.82 Å². The maximum atomic E-state index is 14.9. The molecule has 0 bridgehead atoms. The number of nitrogens with zero attached hydrogens (tertiary/aromatic N) is 2. The van der Waals surface area contributed by atoms with E-state index in [2.05, 4.69) is 39.1 Å². The topological polar surface area (TPSA) is 52.2 Å². The second kappa shape index (κ2) is 10.1. The molecule has 9 heteroatoms. The minimum absolute atomic E-state index is 0.279. The third-order valence-corrected chi connectivity index (χ3v) is 6.94. The second-order valence-corrected chi connectivity index (χ2v) is 9.41. The number of hydrogen-bond donors (Lipinski definition) is 3. The number of aryl methyl sites for hydroxylation is 1. The molecule has 0 spiro atoms. The Balaban J connectivity index is 1.61. The zero-order valence-corrected chi connectivity index (χ0v) is 19.8. The average Bonchev–Trinajstić information content (AvgIpc) is 3.28. The first-order valence-electron chi connectivity index (χ1n) is 10.2. The van der Waals surface area contributed by atoms with E-state index >= 15 is 0 Å². The van der Waals surface area contributed by atoms with Crippen molar-refractivity contribution in [3.05, 3.63) is 57.6 Å². The Bertz CT molecular complexity index is 1030. The zero-order chi connectivity index (χ0) is 21.8. The highest BCUT2D eigenvalue weighted by Crippen LogP contribution is 2.36. The van der Waals surface area contributed by atoms with Gasteiger partial charge in [0.15, 0.2) is 0 Å². The van der Waals surface area contributed by atoms with E-state index in [-0.39, 0.29) is 5.82 Å². The summed E-state index contributed by atoms with van der Waals surface area (Å²) in [6.45, 7) is 6.99. The molecular formula is C22H25ClFN5S2. The highest BCUT2D eigenvalue weighted by atomic mass is 35.5. The van der Waals surface area contributed by atoms with Gasteiger partial charge >= 0.3 is 0 Å². The Morgan fingerprint density at radius 1 is 1.32 bits per heavy atom. The third kappa shape index (κ3) is 5.26. The number of rotatable bonds is 7. The van der Waals surface area contributed by atoms with Crippen LogP contribution in [-0.4, -0.2) is 30.7 Å². The van der Waals surface area contributed by atoms with Crippen LogP contribution >= 0.6 is 34.9 Å². The van der Waals surface area contributed by atoms with Crippen LogP contribution in [0.1, 0.15) is 19.4 Å². The number of thiazole rings is 1. The first kappa shape index (κ1) is 22.2. The number of piperazine rings is 1. The van der Waals surface area contributed by atoms with E-state index in [1.54, 1.807) is 11.6 Å². The smallest absolute Gasteiger partial charge is 0.147 e. The van der Waals surface area contributed by atoms with Crippen molar-refractivity contribution in [2.45, 2.75) is 31.2 Å². The molecule has 1 saturated heterocycles. The summed E-state index contributed by atoms with van der Waals surface area (Å²) in [6, 6.07) is 9.62. The van der Waals surface area contributed by atoms with Crippen LogP contribution in [0.25, 0.3) is 0 Å². The van der Waals surface area contributed by atoms with Gasteiger partial charge in [0, 0.05) is 41.8 Å². The predicted octanol–water partition coefficient (Wildman–Crippen LogP) is 6.16. The maximum absolute atomic E-state index is 14.9. The van der Waals surface area contributed by atoms with Crippen LogP contribution in [0.4, 0.5) is 27.3 Å². The molecule has 0 radical (unpaired) electrons. The molecule has 1 aliphatic rings. The summed E-state index contributed by atoms with van der Waals surface area (Å²) in [5.74, 6) is 0.448. The number of benzene rings is 2. The summed E-state index contributed by atoms with van der Waals surface area (Å²) in [6.07, 6.45) is 0.778. The Morgan fingerprint density at radius 2 is 2.19 bits per heavy atom. The normalized spacial score (nSPS) is 16.4. The summed E-state index contributed by atoms with van der Waals surface area (Å²) in [5.41, 5.74) is 5.51. The molecule has 1 aromatic heterocycles. The largest absolute Gasteiger partial charge is 0.365 e. The van der Waals surface area contributed by atoms with Crippen molar-refractivity contribution in [2.75, 3.05) is 34.6 Å². The molecule has 1 atom stereocenters. The van der Waals surface area contributed by atoms with Crippen molar-refractivity contribution in [3.63, 3.8) is 0 Å². The predicted molar refractivity (Wildman–Crippen MR) is 132 cm³/mol. The van der Waals surface area contributed by atoms with Crippen molar-refractivity contribution in [3.8, 4) is 0 Å². The molecule has 164 valence electrons. The third-order valence-electron chi connectivity index (χ3n) is 5.28. The van der Waals surface area contributed by atoms with E-state index in [1.165, 1.54) is 23.3 Å². The van der Waals surface area contributed by atoms with Crippen LogP contribution in [0.5, 0.6) is 0 Å². The van der Waals surface area contributed by atoms with E-state index < -0.39 is 0 Å². The number of halogens is 2. The van der Waals surface area contributed by atoms with Crippen LogP contribution in [-0.2, 0) is 6.42 Å². The van der Waals surface area contributed by atoms with Gasteiger partial charge in [-0.05, 0) is 61.2 Å². The fraction of sp³-hybridized carbons (Fsp3) is 0.318. The quantitative estimate of drug-likeness (QED) is 0.354. The lowest BCUT2D eigenvalue weighted by atomic mass is 10.1. The van der Waals surface area contributed by atoms with Crippen molar-refractivity contribution < 1.29 is 4.39 Å². The average molecular weight is 478 g/mol. The minimum Gasteiger partial charge on any atom is -0.365 e. The van der Waals surface area contributed by atoms with Crippen molar-refractivity contribution in [1.29, 1.82) is 0 Å². The van der Waals surface area contributed by atoms with E-state index in [0.29, 0.717) is 16.0 Å². The molecule has 3 N–H and O–H groups in total. The Hall–Kier alpha value is -2.00. The number of anilines is 4. The zero-order valence-electron chi connectivity index (χ0n) is 17.4. The van der Waals surface area contributed by atoms with Crippen LogP contribution < -0.4 is 20.3 Å². The molecule has 2 heterocycles. The van der Waals surface area contributed by atoms with Gasteiger partial charge in [0.05, 0.1) is 21.8 Å². The second-order valence-electron chi connectivity index (χ2n) is 7.40. The van der Waals surface area contributed by atoms with Gasteiger partial charge < -0.3 is 20.3 Å². The highest BCUT2D eigenvalue weighted by molar-refractivity contribution is 8.00. The van der Waals surface area contributed by atoms with Gasteiger partial charge in [-0.2, -0.15) is 0 Å². The molecule has 1 aliphatic heterocycles. The first-order valence-corrected chi connectivity index (χ1v) is 12.4. The Morgan fingerprint density at radius 3 is 2.94 bits per heavy atom. The summed E-state index contributed by atoms with van der Waals surface area (Å²) >= 11 is 9.06. The summed E-state index contributed by atoms with van der Waals surface area (Å²) in [5, 5.41) is 9.47. The number of hydrogen-bond acceptors (Lipinski definition) is 7. The molecule has 4 rings (SSSR count). The monoisotopic (exact) mass is 477 g/mol. The van der Waals surface area contributed by atoms with Crippen molar-refractivity contribution in [2.24, 2.45) is 0 Å². The molecule has 31 heavy (non-hydrogen) atoms. The van der Waals surface area contributed by atoms with Gasteiger partial charge in [-0.1, -0.05) is 18.5 Å². The molecule has 0 aliphatic carbocycles. The SMILES string of the molecule is CCc1cc(SNc2cscn2)c(F)cc1Nc1ccc(Cl)cc1N1CCNC[C@H]1C. The van der Waals surface area contributed by atoms with E-state index in [9.17, 15) is 4.39 Å². The lowest BCUT2D eigenvalue weighted by Crippen LogP contribution is -2.50. The molecule has 0 saturated carbocycles. The molecule has 2 aromatic carbocycles. The molecule has 3 aromatic rings. The molecular weight excluding hydrogens is 453 g/mol. The van der Waals surface area contributed by atoms with Crippen LogP contribution in [0.2, 0.25) is 5.02 Å². The van der Waals surface area contributed by atoms with Crippen LogP contribution in [0.3, 0.4) is 0 Å². The number of nitrogens with one attached hydrogen (secondary N) is 3. The lowest BCUT2D eigenvalue weighted by molar-refractivity contribution is 0.501. The van der Waals surface area contributed by atoms with Gasteiger partial charge in [-0.25, -0.2) is 9.37 Å². The van der Waals surface area contributed by atoms with E-state index in [1.807, 2.05) is 29.6 Å². The highest BCUT2D eigenvalue weighted by Gasteiger charge is 2.22. The molecule has 0 unspecified atom stereocenters.